The molecule has 3 amide bonds. The molecule has 0 saturated carbocycles. The maximum absolute atomic E-state index is 13.1. The SMILES string of the molecule is O=C(CCCC[C@@H]1SC[C@@H]2NC(=O)N[C@@H]21)NCc1ccc(F)cc1C(F)(F)F. The summed E-state index contributed by atoms with van der Waals surface area (Å²) in [5.74, 6) is -0.443. The Morgan fingerprint density at radius 2 is 2.04 bits per heavy atom. The van der Waals surface area contributed by atoms with Gasteiger partial charge in [0, 0.05) is 24.0 Å². The fraction of sp³-hybridized carbons (Fsp3) is 0.556. The van der Waals surface area contributed by atoms with Gasteiger partial charge in [-0.05, 0) is 30.5 Å². The average Bonchev–Trinajstić information content (AvgIpc) is 3.16. The van der Waals surface area contributed by atoms with E-state index in [4.69, 9.17) is 0 Å². The van der Waals surface area contributed by atoms with Crippen molar-refractivity contribution >= 4 is 23.7 Å². The summed E-state index contributed by atoms with van der Waals surface area (Å²) in [5, 5.41) is 8.55. The number of carbonyl (C=O) groups is 2. The van der Waals surface area contributed by atoms with Crippen molar-refractivity contribution in [1.29, 1.82) is 0 Å². The number of halogens is 4. The molecule has 2 heterocycles. The Morgan fingerprint density at radius 3 is 2.79 bits per heavy atom. The van der Waals surface area contributed by atoms with Crippen LogP contribution in [0.5, 0.6) is 0 Å². The molecule has 0 aromatic heterocycles. The molecule has 0 spiro atoms. The third kappa shape index (κ3) is 5.09. The highest BCUT2D eigenvalue weighted by molar-refractivity contribution is 8.00. The van der Waals surface area contributed by atoms with Crippen LogP contribution in [-0.4, -0.2) is 35.0 Å². The molecular weight excluding hydrogens is 398 g/mol. The highest BCUT2D eigenvalue weighted by Crippen LogP contribution is 2.34. The number of amides is 3. The number of nitrogens with one attached hydrogen (secondary N) is 3. The number of alkyl halides is 3. The van der Waals surface area contributed by atoms with Crippen LogP contribution >= 0.6 is 11.8 Å². The quantitative estimate of drug-likeness (QED) is 0.361. The van der Waals surface area contributed by atoms with E-state index in [1.54, 1.807) is 11.8 Å². The molecule has 1 aromatic carbocycles. The van der Waals surface area contributed by atoms with Crippen molar-refractivity contribution in [2.24, 2.45) is 0 Å². The number of benzene rings is 1. The molecular formula is C18H21F4N3O2S. The predicted octanol–water partition coefficient (Wildman–Crippen LogP) is 3.19. The zero-order chi connectivity index (χ0) is 20.3. The van der Waals surface area contributed by atoms with Crippen LogP contribution in [0.15, 0.2) is 18.2 Å². The van der Waals surface area contributed by atoms with E-state index in [-0.39, 0.29) is 42.6 Å². The van der Waals surface area contributed by atoms with Crippen molar-refractivity contribution < 1.29 is 27.2 Å². The highest BCUT2D eigenvalue weighted by Gasteiger charge is 2.42. The molecule has 0 bridgehead atoms. The summed E-state index contributed by atoms with van der Waals surface area (Å²) in [4.78, 5) is 23.3. The minimum absolute atomic E-state index is 0.116. The summed E-state index contributed by atoms with van der Waals surface area (Å²) in [6.45, 7) is -0.298. The van der Waals surface area contributed by atoms with Crippen molar-refractivity contribution in [3.63, 3.8) is 0 Å². The minimum atomic E-state index is -4.68. The van der Waals surface area contributed by atoms with Gasteiger partial charge < -0.3 is 16.0 Å². The van der Waals surface area contributed by atoms with Crippen LogP contribution in [0.1, 0.15) is 36.8 Å². The Kier molecular flexibility index (Phi) is 6.36. The van der Waals surface area contributed by atoms with Gasteiger partial charge in [-0.15, -0.1) is 0 Å². The number of hydrogen-bond donors (Lipinski definition) is 3. The van der Waals surface area contributed by atoms with Crippen LogP contribution in [0.2, 0.25) is 0 Å². The molecule has 2 saturated heterocycles. The van der Waals surface area contributed by atoms with E-state index in [0.717, 1.165) is 30.7 Å². The van der Waals surface area contributed by atoms with E-state index < -0.39 is 17.6 Å². The lowest BCUT2D eigenvalue weighted by molar-refractivity contribution is -0.138. The standard InChI is InChI=1S/C18H21F4N3O2S/c19-11-6-5-10(12(7-11)18(20,21)22)8-23-15(26)4-2-1-3-14-16-13(9-28-14)24-17(27)25-16/h5-7,13-14,16H,1-4,8-9H2,(H,23,26)(H2,24,25,27)/t13-,14-,16-/m0/s1. The third-order valence-electron chi connectivity index (χ3n) is 4.93. The first-order valence-corrected chi connectivity index (χ1v) is 10.1. The first kappa shape index (κ1) is 20.8. The number of hydrogen-bond acceptors (Lipinski definition) is 3. The average molecular weight is 419 g/mol. The maximum atomic E-state index is 13.1. The molecule has 2 aliphatic rings. The van der Waals surface area contributed by atoms with Gasteiger partial charge in [0.05, 0.1) is 17.6 Å². The Labute approximate surface area is 164 Å². The highest BCUT2D eigenvalue weighted by atomic mass is 32.2. The number of fused-ring (bicyclic) bond motifs is 1. The second-order valence-corrected chi connectivity index (χ2v) is 8.22. The Balaban J connectivity index is 1.39. The van der Waals surface area contributed by atoms with E-state index >= 15 is 0 Å². The van der Waals surface area contributed by atoms with Gasteiger partial charge in [0.1, 0.15) is 5.82 Å². The molecule has 5 nitrogen and oxygen atoms in total. The molecule has 3 rings (SSSR count). The Morgan fingerprint density at radius 1 is 1.25 bits per heavy atom. The molecule has 0 unspecified atom stereocenters. The normalized spacial score (nSPS) is 23.9. The smallest absolute Gasteiger partial charge is 0.352 e. The van der Waals surface area contributed by atoms with Gasteiger partial charge in [-0.25, -0.2) is 9.18 Å². The lowest BCUT2D eigenvalue weighted by Gasteiger charge is -2.16. The lowest BCUT2D eigenvalue weighted by Crippen LogP contribution is -2.36. The number of rotatable bonds is 7. The van der Waals surface area contributed by atoms with Gasteiger partial charge in [-0.2, -0.15) is 24.9 Å². The van der Waals surface area contributed by atoms with E-state index in [1.807, 2.05) is 0 Å². The van der Waals surface area contributed by atoms with E-state index in [1.165, 1.54) is 0 Å². The summed E-state index contributed by atoms with van der Waals surface area (Å²) < 4.78 is 52.0. The van der Waals surface area contributed by atoms with E-state index in [2.05, 4.69) is 16.0 Å². The number of thioether (sulfide) groups is 1. The Hall–Kier alpha value is -1.97. The molecule has 3 N–H and O–H groups in total. The summed E-state index contributed by atoms with van der Waals surface area (Å²) in [6.07, 6.45) is -2.22. The van der Waals surface area contributed by atoms with Crippen molar-refractivity contribution in [1.82, 2.24) is 16.0 Å². The predicted molar refractivity (Wildman–Crippen MR) is 97.2 cm³/mol. The molecule has 154 valence electrons. The zero-order valence-corrected chi connectivity index (χ0v) is 15.8. The second kappa shape index (κ2) is 8.59. The number of urea groups is 1. The fourth-order valence-corrected chi connectivity index (χ4v) is 5.07. The minimum Gasteiger partial charge on any atom is -0.352 e. The first-order chi connectivity index (χ1) is 13.2. The topological polar surface area (TPSA) is 70.2 Å². The van der Waals surface area contributed by atoms with Crippen molar-refractivity contribution in [2.45, 2.75) is 55.7 Å². The van der Waals surface area contributed by atoms with Gasteiger partial charge in [-0.3, -0.25) is 4.79 Å². The summed E-state index contributed by atoms with van der Waals surface area (Å²) in [7, 11) is 0. The van der Waals surface area contributed by atoms with Crippen LogP contribution in [0.4, 0.5) is 22.4 Å². The maximum Gasteiger partial charge on any atom is 0.416 e. The lowest BCUT2D eigenvalue weighted by atomic mass is 10.0. The largest absolute Gasteiger partial charge is 0.416 e. The monoisotopic (exact) mass is 419 g/mol. The molecule has 2 aliphatic heterocycles. The van der Waals surface area contributed by atoms with Crippen LogP contribution < -0.4 is 16.0 Å². The van der Waals surface area contributed by atoms with Gasteiger partial charge in [0.2, 0.25) is 5.91 Å². The number of carbonyl (C=O) groups excluding carboxylic acids is 2. The van der Waals surface area contributed by atoms with Gasteiger partial charge >= 0.3 is 12.2 Å². The molecule has 10 heteroatoms. The molecule has 2 fully saturated rings. The molecule has 0 radical (unpaired) electrons. The van der Waals surface area contributed by atoms with Crippen molar-refractivity contribution in [3.8, 4) is 0 Å². The Bertz CT molecular complexity index is 744. The van der Waals surface area contributed by atoms with Crippen molar-refractivity contribution in [3.05, 3.63) is 35.1 Å². The van der Waals surface area contributed by atoms with Gasteiger partial charge in [0.15, 0.2) is 0 Å². The van der Waals surface area contributed by atoms with Gasteiger partial charge in [0.25, 0.3) is 0 Å². The van der Waals surface area contributed by atoms with Gasteiger partial charge in [-0.1, -0.05) is 12.5 Å². The third-order valence-corrected chi connectivity index (χ3v) is 6.44. The summed E-state index contributed by atoms with van der Waals surface area (Å²) in [6, 6.07) is 2.55. The molecule has 3 atom stereocenters. The second-order valence-electron chi connectivity index (χ2n) is 6.94. The van der Waals surface area contributed by atoms with Crippen LogP contribution in [-0.2, 0) is 17.5 Å². The van der Waals surface area contributed by atoms with Crippen LogP contribution in [0.25, 0.3) is 0 Å². The van der Waals surface area contributed by atoms with Crippen LogP contribution in [0, 0.1) is 5.82 Å². The first-order valence-electron chi connectivity index (χ1n) is 9.05. The molecule has 1 aromatic rings. The zero-order valence-electron chi connectivity index (χ0n) is 14.9. The van der Waals surface area contributed by atoms with E-state index in [9.17, 15) is 27.2 Å². The number of unbranched alkanes of at least 4 members (excludes halogenated alkanes) is 1. The summed E-state index contributed by atoms with van der Waals surface area (Å²) >= 11 is 1.79. The summed E-state index contributed by atoms with van der Waals surface area (Å²) in [5.41, 5.74) is -1.24. The van der Waals surface area contributed by atoms with Crippen LogP contribution in [0.3, 0.4) is 0 Å². The fourth-order valence-electron chi connectivity index (χ4n) is 3.52. The molecule has 28 heavy (non-hydrogen) atoms. The molecule has 0 aliphatic carbocycles. The van der Waals surface area contributed by atoms with Crippen molar-refractivity contribution in [2.75, 3.05) is 5.75 Å². The van der Waals surface area contributed by atoms with E-state index in [0.29, 0.717) is 17.7 Å².